The summed E-state index contributed by atoms with van der Waals surface area (Å²) in [5, 5.41) is 5.30. The first-order chi connectivity index (χ1) is 7.15. The highest BCUT2D eigenvalue weighted by atomic mass is 127. The van der Waals surface area contributed by atoms with Crippen LogP contribution in [0.15, 0.2) is 6.33 Å². The van der Waals surface area contributed by atoms with E-state index in [9.17, 15) is 0 Å². The van der Waals surface area contributed by atoms with Crippen LogP contribution in [0.4, 0.5) is 5.82 Å². The number of nitrogen functional groups attached to an aromatic ring is 1. The van der Waals surface area contributed by atoms with Crippen molar-refractivity contribution in [2.45, 2.75) is 26.3 Å². The molecule has 0 aliphatic rings. The smallest absolute Gasteiger partial charge is 0.164 e. The molecule has 80 valence electrons. The first-order valence-corrected chi connectivity index (χ1v) is 5.87. The molecule has 2 aromatic heterocycles. The summed E-state index contributed by atoms with van der Waals surface area (Å²) >= 11 is 2.16. The molecule has 0 saturated heterocycles. The molecule has 15 heavy (non-hydrogen) atoms. The summed E-state index contributed by atoms with van der Waals surface area (Å²) < 4.78 is 2.77. The van der Waals surface area contributed by atoms with E-state index in [4.69, 9.17) is 5.73 Å². The summed E-state index contributed by atoms with van der Waals surface area (Å²) in [5.74, 6) is 0.499. The Morgan fingerprint density at radius 2 is 2.27 bits per heavy atom. The number of rotatable bonds is 2. The minimum atomic E-state index is 0.324. The van der Waals surface area contributed by atoms with Gasteiger partial charge in [-0.05, 0) is 35.9 Å². The van der Waals surface area contributed by atoms with Gasteiger partial charge < -0.3 is 5.73 Å². The molecule has 0 bridgehead atoms. The van der Waals surface area contributed by atoms with Crippen molar-refractivity contribution in [3.63, 3.8) is 0 Å². The number of nitrogens with two attached hydrogens (primary N) is 1. The monoisotopic (exact) mass is 317 g/mol. The fraction of sp³-hybridized carbons (Fsp3) is 0.444. The van der Waals surface area contributed by atoms with Crippen LogP contribution in [0.3, 0.4) is 0 Å². The molecule has 0 saturated carbocycles. The zero-order valence-electron chi connectivity index (χ0n) is 8.61. The van der Waals surface area contributed by atoms with Gasteiger partial charge in [0.2, 0.25) is 0 Å². The van der Waals surface area contributed by atoms with Gasteiger partial charge in [0.25, 0.3) is 0 Å². The van der Waals surface area contributed by atoms with E-state index in [0.29, 0.717) is 11.9 Å². The average Bonchev–Trinajstić information content (AvgIpc) is 2.56. The number of hydrogen-bond donors (Lipinski definition) is 1. The largest absolute Gasteiger partial charge is 0.383 e. The van der Waals surface area contributed by atoms with Gasteiger partial charge in [-0.25, -0.2) is 14.6 Å². The fourth-order valence-electron chi connectivity index (χ4n) is 1.43. The highest BCUT2D eigenvalue weighted by Gasteiger charge is 2.15. The van der Waals surface area contributed by atoms with E-state index in [1.165, 1.54) is 6.33 Å². The number of nitrogens with zero attached hydrogens (tertiary/aromatic N) is 4. The zero-order valence-corrected chi connectivity index (χ0v) is 10.8. The lowest BCUT2D eigenvalue weighted by molar-refractivity contribution is 0.487. The highest BCUT2D eigenvalue weighted by molar-refractivity contribution is 14.1. The van der Waals surface area contributed by atoms with E-state index in [0.717, 1.165) is 21.2 Å². The summed E-state index contributed by atoms with van der Waals surface area (Å²) in [6.45, 7) is 4.23. The van der Waals surface area contributed by atoms with Crippen LogP contribution in [0.2, 0.25) is 0 Å². The van der Waals surface area contributed by atoms with E-state index in [-0.39, 0.29) is 0 Å². The quantitative estimate of drug-likeness (QED) is 0.860. The van der Waals surface area contributed by atoms with E-state index < -0.39 is 0 Å². The third-order valence-electron chi connectivity index (χ3n) is 2.48. The average molecular weight is 317 g/mol. The number of hydrogen-bond acceptors (Lipinski definition) is 4. The van der Waals surface area contributed by atoms with Gasteiger partial charge in [0.05, 0.1) is 11.4 Å². The van der Waals surface area contributed by atoms with Crippen molar-refractivity contribution in [3.8, 4) is 0 Å². The standard InChI is InChI=1S/C9H12IN5/c1-3-5(2)15-9-6(7(10)14-15)8(11)12-4-13-9/h4-5H,3H2,1-2H3,(H2,11,12,13). The first kappa shape index (κ1) is 10.6. The Hall–Kier alpha value is -0.920. The lowest BCUT2D eigenvalue weighted by Gasteiger charge is -2.09. The molecular weight excluding hydrogens is 305 g/mol. The van der Waals surface area contributed by atoms with Gasteiger partial charge in [-0.3, -0.25) is 0 Å². The van der Waals surface area contributed by atoms with E-state index in [1.54, 1.807) is 0 Å². The Balaban J connectivity index is 2.73. The maximum atomic E-state index is 5.80. The van der Waals surface area contributed by atoms with Gasteiger partial charge in [-0.15, -0.1) is 0 Å². The SMILES string of the molecule is CCC(C)n1nc(I)c2c(N)ncnc21. The van der Waals surface area contributed by atoms with Crippen LogP contribution in [-0.4, -0.2) is 19.7 Å². The molecule has 0 aromatic carbocycles. The third kappa shape index (κ3) is 1.66. The van der Waals surface area contributed by atoms with Crippen LogP contribution in [0.25, 0.3) is 11.0 Å². The Kier molecular flexibility index (Phi) is 2.76. The predicted octanol–water partition coefficient (Wildman–Crippen LogP) is 1.98. The molecule has 0 aliphatic carbocycles. The van der Waals surface area contributed by atoms with E-state index in [1.807, 2.05) is 4.68 Å². The second kappa shape index (κ2) is 3.92. The summed E-state index contributed by atoms with van der Waals surface area (Å²) in [5.41, 5.74) is 6.62. The number of aromatic nitrogens is 4. The maximum Gasteiger partial charge on any atom is 0.164 e. The predicted molar refractivity (Wildman–Crippen MR) is 67.5 cm³/mol. The van der Waals surface area contributed by atoms with Crippen molar-refractivity contribution < 1.29 is 0 Å². The highest BCUT2D eigenvalue weighted by Crippen LogP contribution is 2.25. The Morgan fingerprint density at radius 1 is 1.53 bits per heavy atom. The van der Waals surface area contributed by atoms with Crippen LogP contribution >= 0.6 is 22.6 Å². The molecule has 2 rings (SSSR count). The van der Waals surface area contributed by atoms with Crippen molar-refractivity contribution in [2.75, 3.05) is 5.73 Å². The molecule has 2 N–H and O–H groups in total. The topological polar surface area (TPSA) is 69.6 Å². The van der Waals surface area contributed by atoms with Crippen LogP contribution in [0.5, 0.6) is 0 Å². The molecule has 2 aromatic rings. The molecule has 1 atom stereocenters. The molecule has 0 radical (unpaired) electrons. The van der Waals surface area contributed by atoms with Crippen LogP contribution in [0.1, 0.15) is 26.3 Å². The van der Waals surface area contributed by atoms with E-state index in [2.05, 4.69) is 51.5 Å². The molecular formula is C9H12IN5. The molecule has 5 nitrogen and oxygen atoms in total. The lowest BCUT2D eigenvalue weighted by atomic mass is 10.3. The van der Waals surface area contributed by atoms with Crippen molar-refractivity contribution in [2.24, 2.45) is 0 Å². The molecule has 6 heteroatoms. The summed E-state index contributed by atoms with van der Waals surface area (Å²) in [6.07, 6.45) is 2.49. The van der Waals surface area contributed by atoms with Gasteiger partial charge in [-0.2, -0.15) is 5.10 Å². The van der Waals surface area contributed by atoms with Crippen molar-refractivity contribution in [1.29, 1.82) is 0 Å². The van der Waals surface area contributed by atoms with Gasteiger partial charge in [0.15, 0.2) is 5.65 Å². The molecule has 2 heterocycles. The van der Waals surface area contributed by atoms with Crippen LogP contribution in [0, 0.1) is 3.70 Å². The minimum absolute atomic E-state index is 0.324. The second-order valence-electron chi connectivity index (χ2n) is 3.45. The molecule has 0 amide bonds. The van der Waals surface area contributed by atoms with Gasteiger partial charge >= 0.3 is 0 Å². The molecule has 0 fully saturated rings. The van der Waals surface area contributed by atoms with Crippen LogP contribution < -0.4 is 5.73 Å². The van der Waals surface area contributed by atoms with Crippen LogP contribution in [-0.2, 0) is 0 Å². The van der Waals surface area contributed by atoms with Gasteiger partial charge in [-0.1, -0.05) is 6.92 Å². The third-order valence-corrected chi connectivity index (χ3v) is 3.24. The Labute approximate surface area is 101 Å². The van der Waals surface area contributed by atoms with Crippen molar-refractivity contribution >= 4 is 39.4 Å². The second-order valence-corrected chi connectivity index (χ2v) is 4.47. The number of halogens is 1. The first-order valence-electron chi connectivity index (χ1n) is 4.79. The Morgan fingerprint density at radius 3 is 2.93 bits per heavy atom. The lowest BCUT2D eigenvalue weighted by Crippen LogP contribution is -2.06. The van der Waals surface area contributed by atoms with E-state index >= 15 is 0 Å². The molecule has 0 aliphatic heterocycles. The Bertz CT molecular complexity index is 492. The van der Waals surface area contributed by atoms with Gasteiger partial charge in [0.1, 0.15) is 15.8 Å². The normalized spacial score (nSPS) is 13.3. The maximum absolute atomic E-state index is 5.80. The zero-order chi connectivity index (χ0) is 11.0. The molecule has 1 unspecified atom stereocenters. The summed E-state index contributed by atoms with van der Waals surface area (Å²) in [6, 6.07) is 0.324. The fourth-order valence-corrected chi connectivity index (χ4v) is 2.18. The summed E-state index contributed by atoms with van der Waals surface area (Å²) in [7, 11) is 0. The van der Waals surface area contributed by atoms with Gasteiger partial charge in [0, 0.05) is 0 Å². The molecule has 0 spiro atoms. The van der Waals surface area contributed by atoms with Crippen molar-refractivity contribution in [1.82, 2.24) is 19.7 Å². The van der Waals surface area contributed by atoms with Crippen molar-refractivity contribution in [3.05, 3.63) is 10.0 Å². The number of fused-ring (bicyclic) bond motifs is 1. The summed E-state index contributed by atoms with van der Waals surface area (Å²) in [4.78, 5) is 8.21. The number of anilines is 1. The minimum Gasteiger partial charge on any atom is -0.383 e.